The molecule has 0 fully saturated rings. The van der Waals surface area contributed by atoms with Crippen LogP contribution in [0.2, 0.25) is 0 Å². The van der Waals surface area contributed by atoms with Crippen molar-refractivity contribution in [2.45, 2.75) is 0 Å². The summed E-state index contributed by atoms with van der Waals surface area (Å²) in [6.45, 7) is 0. The van der Waals surface area contributed by atoms with Crippen molar-refractivity contribution in [2.24, 2.45) is 0 Å². The molecule has 0 unspecified atom stereocenters. The summed E-state index contributed by atoms with van der Waals surface area (Å²) >= 11 is 4.34. The first-order valence-corrected chi connectivity index (χ1v) is 5.80. The highest BCUT2D eigenvalue weighted by atomic mass is 79.9. The average Bonchev–Trinajstić information content (AvgIpc) is 2.74. The van der Waals surface area contributed by atoms with Gasteiger partial charge in [-0.15, -0.1) is 11.3 Å². The first-order chi connectivity index (χ1) is 7.20. The van der Waals surface area contributed by atoms with Crippen molar-refractivity contribution >= 4 is 33.0 Å². The van der Waals surface area contributed by atoms with Crippen LogP contribution >= 0.6 is 27.3 Å². The van der Waals surface area contributed by atoms with E-state index < -0.39 is 11.6 Å². The molecule has 0 radical (unpaired) electrons. The predicted molar refractivity (Wildman–Crippen MR) is 59.6 cm³/mol. The number of ketones is 1. The Hall–Kier alpha value is -1.07. The van der Waals surface area contributed by atoms with Crippen molar-refractivity contribution < 1.29 is 9.18 Å². The highest BCUT2D eigenvalue weighted by molar-refractivity contribution is 9.10. The Bertz CT molecular complexity index is 498. The summed E-state index contributed by atoms with van der Waals surface area (Å²) < 4.78 is 13.8. The molecule has 0 aliphatic carbocycles. The van der Waals surface area contributed by atoms with E-state index in [9.17, 15) is 9.18 Å². The Kier molecular flexibility index (Phi) is 2.93. The third-order valence-electron chi connectivity index (χ3n) is 1.86. The lowest BCUT2D eigenvalue weighted by atomic mass is 10.1. The molecule has 1 aromatic carbocycles. The molecule has 0 aliphatic rings. The van der Waals surface area contributed by atoms with Crippen molar-refractivity contribution in [3.05, 3.63) is 50.6 Å². The van der Waals surface area contributed by atoms with Crippen molar-refractivity contribution in [3.8, 4) is 0 Å². The molecule has 0 bridgehead atoms. The molecule has 0 saturated carbocycles. The third-order valence-corrected chi connectivity index (χ3v) is 3.06. The fourth-order valence-corrected chi connectivity index (χ4v) is 2.04. The summed E-state index contributed by atoms with van der Waals surface area (Å²) in [4.78, 5) is 15.6. The highest BCUT2D eigenvalue weighted by Gasteiger charge is 2.16. The number of hydrogen-bond acceptors (Lipinski definition) is 3. The molecular formula is C10H5BrFNOS. The lowest BCUT2D eigenvalue weighted by Crippen LogP contribution is -2.04. The quantitative estimate of drug-likeness (QED) is 0.793. The van der Waals surface area contributed by atoms with E-state index in [1.54, 1.807) is 23.0 Å². The van der Waals surface area contributed by atoms with Gasteiger partial charge in [-0.3, -0.25) is 4.79 Å². The molecule has 15 heavy (non-hydrogen) atoms. The summed E-state index contributed by atoms with van der Waals surface area (Å²) in [6, 6.07) is 4.61. The molecule has 1 aromatic heterocycles. The van der Waals surface area contributed by atoms with E-state index in [1.807, 2.05) is 0 Å². The lowest BCUT2D eigenvalue weighted by molar-refractivity contribution is 0.103. The van der Waals surface area contributed by atoms with Gasteiger partial charge in [0, 0.05) is 5.38 Å². The molecule has 2 rings (SSSR count). The molecule has 0 atom stereocenters. The molecule has 76 valence electrons. The highest BCUT2D eigenvalue weighted by Crippen LogP contribution is 2.20. The van der Waals surface area contributed by atoms with E-state index in [2.05, 4.69) is 20.9 Å². The normalized spacial score (nSPS) is 10.3. The zero-order valence-corrected chi connectivity index (χ0v) is 9.81. The zero-order chi connectivity index (χ0) is 10.8. The summed E-state index contributed by atoms with van der Waals surface area (Å²) in [5.74, 6) is -0.939. The number of carbonyl (C=O) groups excluding carboxylic acids is 1. The topological polar surface area (TPSA) is 30.0 Å². The van der Waals surface area contributed by atoms with Crippen LogP contribution in [0.15, 0.2) is 33.6 Å². The minimum Gasteiger partial charge on any atom is -0.287 e. The molecule has 0 amide bonds. The zero-order valence-electron chi connectivity index (χ0n) is 7.41. The first-order valence-electron chi connectivity index (χ1n) is 4.07. The van der Waals surface area contributed by atoms with Crippen LogP contribution in [0, 0.1) is 5.82 Å². The number of aromatic nitrogens is 1. The maximum absolute atomic E-state index is 13.6. The smallest absolute Gasteiger partial charge is 0.215 e. The number of carbonyl (C=O) groups is 1. The Morgan fingerprint density at radius 1 is 1.47 bits per heavy atom. The predicted octanol–water partition coefficient (Wildman–Crippen LogP) is 3.28. The SMILES string of the molecule is O=C(c1cscn1)c1cccc(Br)c1F. The van der Waals surface area contributed by atoms with E-state index >= 15 is 0 Å². The van der Waals surface area contributed by atoms with Gasteiger partial charge in [0.15, 0.2) is 0 Å². The Labute approximate surface area is 97.9 Å². The maximum Gasteiger partial charge on any atom is 0.215 e. The minimum atomic E-state index is -0.546. The van der Waals surface area contributed by atoms with Crippen LogP contribution in [0.5, 0.6) is 0 Å². The fourth-order valence-electron chi connectivity index (χ4n) is 1.14. The molecule has 2 nitrogen and oxygen atoms in total. The lowest BCUT2D eigenvalue weighted by Gasteiger charge is -2.01. The van der Waals surface area contributed by atoms with Gasteiger partial charge in [-0.1, -0.05) is 6.07 Å². The van der Waals surface area contributed by atoms with Gasteiger partial charge in [0.2, 0.25) is 5.78 Å². The molecule has 0 spiro atoms. The Morgan fingerprint density at radius 2 is 2.27 bits per heavy atom. The van der Waals surface area contributed by atoms with Gasteiger partial charge in [0.1, 0.15) is 11.5 Å². The first kappa shape index (κ1) is 10.4. The van der Waals surface area contributed by atoms with Crippen molar-refractivity contribution in [1.29, 1.82) is 0 Å². The van der Waals surface area contributed by atoms with Gasteiger partial charge in [-0.25, -0.2) is 9.37 Å². The Morgan fingerprint density at radius 3 is 2.93 bits per heavy atom. The van der Waals surface area contributed by atoms with Crippen LogP contribution < -0.4 is 0 Å². The second-order valence-corrected chi connectivity index (χ2v) is 4.38. The van der Waals surface area contributed by atoms with E-state index in [0.717, 1.165) is 0 Å². The summed E-state index contributed by atoms with van der Waals surface area (Å²) in [6.07, 6.45) is 0. The standard InChI is InChI=1S/C10H5BrFNOS/c11-7-3-1-2-6(9(7)12)10(14)8-4-15-5-13-8/h1-5H. The van der Waals surface area contributed by atoms with E-state index in [0.29, 0.717) is 0 Å². The number of thiazole rings is 1. The van der Waals surface area contributed by atoms with Gasteiger partial charge in [0.05, 0.1) is 15.5 Å². The maximum atomic E-state index is 13.6. The second kappa shape index (κ2) is 4.20. The van der Waals surface area contributed by atoms with Crippen LogP contribution in [-0.4, -0.2) is 10.8 Å². The molecule has 0 N–H and O–H groups in total. The molecule has 0 saturated heterocycles. The van der Waals surface area contributed by atoms with Crippen LogP contribution in [0.4, 0.5) is 4.39 Å². The summed E-state index contributed by atoms with van der Waals surface area (Å²) in [5.41, 5.74) is 1.86. The molecular weight excluding hydrogens is 281 g/mol. The summed E-state index contributed by atoms with van der Waals surface area (Å²) in [7, 11) is 0. The van der Waals surface area contributed by atoms with Gasteiger partial charge < -0.3 is 0 Å². The monoisotopic (exact) mass is 285 g/mol. The molecule has 2 aromatic rings. The largest absolute Gasteiger partial charge is 0.287 e. The van der Waals surface area contributed by atoms with Gasteiger partial charge in [-0.2, -0.15) is 0 Å². The van der Waals surface area contributed by atoms with Gasteiger partial charge in [-0.05, 0) is 28.1 Å². The van der Waals surface area contributed by atoms with Crippen LogP contribution in [0.1, 0.15) is 16.1 Å². The number of hydrogen-bond donors (Lipinski definition) is 0. The Balaban J connectivity index is 2.47. The van der Waals surface area contributed by atoms with E-state index in [1.165, 1.54) is 17.4 Å². The fraction of sp³-hybridized carbons (Fsp3) is 0. The minimum absolute atomic E-state index is 0.0373. The van der Waals surface area contributed by atoms with Gasteiger partial charge >= 0.3 is 0 Å². The number of nitrogens with zero attached hydrogens (tertiary/aromatic N) is 1. The van der Waals surface area contributed by atoms with Gasteiger partial charge in [0.25, 0.3) is 0 Å². The average molecular weight is 286 g/mol. The van der Waals surface area contributed by atoms with E-state index in [4.69, 9.17) is 0 Å². The molecule has 5 heteroatoms. The van der Waals surface area contributed by atoms with Crippen molar-refractivity contribution in [3.63, 3.8) is 0 Å². The summed E-state index contributed by atoms with van der Waals surface area (Å²) in [5, 5.41) is 1.60. The van der Waals surface area contributed by atoms with Crippen LogP contribution in [0.3, 0.4) is 0 Å². The number of halogens is 2. The van der Waals surface area contributed by atoms with Crippen LogP contribution in [0.25, 0.3) is 0 Å². The molecule has 1 heterocycles. The number of rotatable bonds is 2. The number of benzene rings is 1. The molecule has 0 aliphatic heterocycles. The van der Waals surface area contributed by atoms with Crippen molar-refractivity contribution in [2.75, 3.05) is 0 Å². The third kappa shape index (κ3) is 1.98. The van der Waals surface area contributed by atoms with E-state index in [-0.39, 0.29) is 15.7 Å². The van der Waals surface area contributed by atoms with Crippen LogP contribution in [-0.2, 0) is 0 Å². The van der Waals surface area contributed by atoms with Crippen molar-refractivity contribution in [1.82, 2.24) is 4.98 Å². The second-order valence-electron chi connectivity index (χ2n) is 2.80.